The number of furan rings is 1. The highest BCUT2D eigenvalue weighted by Gasteiger charge is 2.25. The van der Waals surface area contributed by atoms with E-state index in [0.29, 0.717) is 31.3 Å². The first kappa shape index (κ1) is 24.7. The fourth-order valence-electron chi connectivity index (χ4n) is 4.02. The molecule has 0 bridgehead atoms. The molecule has 0 radical (unpaired) electrons. The first-order chi connectivity index (χ1) is 17.1. The lowest BCUT2D eigenvalue weighted by atomic mass is 9.99. The van der Waals surface area contributed by atoms with Crippen LogP contribution in [-0.4, -0.2) is 25.9 Å². The zero-order valence-electron chi connectivity index (χ0n) is 20.1. The minimum absolute atomic E-state index is 0.295. The summed E-state index contributed by atoms with van der Waals surface area (Å²) in [6, 6.07) is 19.7. The van der Waals surface area contributed by atoms with Gasteiger partial charge >= 0.3 is 5.97 Å². The van der Waals surface area contributed by atoms with Crippen LogP contribution in [0.5, 0.6) is 11.5 Å². The van der Waals surface area contributed by atoms with Gasteiger partial charge < -0.3 is 24.4 Å². The molecule has 1 unspecified atom stereocenters. The fourth-order valence-corrected chi connectivity index (χ4v) is 4.73. The van der Waals surface area contributed by atoms with E-state index in [2.05, 4.69) is 12.1 Å². The van der Waals surface area contributed by atoms with Crippen LogP contribution in [0.25, 0.3) is 22.1 Å². The molecule has 0 aliphatic carbocycles. The Balaban J connectivity index is 1.68. The number of hydrogen-bond donors (Lipinski definition) is 1. The summed E-state index contributed by atoms with van der Waals surface area (Å²) in [5.74, 6) is 0.935. The molecule has 7 heteroatoms. The number of benzene rings is 3. The van der Waals surface area contributed by atoms with E-state index in [9.17, 15) is 4.79 Å². The summed E-state index contributed by atoms with van der Waals surface area (Å²) in [6.07, 6.45) is 3.57. The molecule has 1 heterocycles. The summed E-state index contributed by atoms with van der Waals surface area (Å²) in [7, 11) is 1.60. The second-order valence-electron chi connectivity index (χ2n) is 7.95. The van der Waals surface area contributed by atoms with Gasteiger partial charge in [-0.15, -0.1) is 11.8 Å². The Hall–Kier alpha value is -3.42. The van der Waals surface area contributed by atoms with Gasteiger partial charge in [-0.25, -0.2) is 0 Å². The molecule has 4 aromatic rings. The zero-order valence-corrected chi connectivity index (χ0v) is 20.9. The van der Waals surface area contributed by atoms with Gasteiger partial charge in [0.05, 0.1) is 20.0 Å². The molecule has 3 aromatic carbocycles. The third-order valence-electron chi connectivity index (χ3n) is 5.72. The first-order valence-electron chi connectivity index (χ1n) is 11.4. The van der Waals surface area contributed by atoms with Crippen LogP contribution >= 0.6 is 11.8 Å². The van der Waals surface area contributed by atoms with E-state index >= 15 is 0 Å². The van der Waals surface area contributed by atoms with Gasteiger partial charge in [-0.2, -0.15) is 0 Å². The molecule has 6 nitrogen and oxygen atoms in total. The van der Waals surface area contributed by atoms with Gasteiger partial charge in [-0.1, -0.05) is 18.2 Å². The number of thioether (sulfide) groups is 1. The average Bonchev–Trinajstić information content (AvgIpc) is 3.37. The maximum atomic E-state index is 12.6. The number of carbonyl (C=O) groups excluding carboxylic acids is 1. The van der Waals surface area contributed by atoms with Gasteiger partial charge in [0, 0.05) is 29.1 Å². The Labute approximate surface area is 209 Å². The van der Waals surface area contributed by atoms with E-state index in [1.54, 1.807) is 26.4 Å². The SMILES string of the molecule is CCOC(=O)C(SC)c1ccc(OC)cc1OCc1cc(-c2cccc(CN)c2)c2occc2c1. The van der Waals surface area contributed by atoms with Crippen molar-refractivity contribution in [3.05, 3.63) is 83.6 Å². The van der Waals surface area contributed by atoms with Crippen LogP contribution in [0.3, 0.4) is 0 Å². The molecule has 1 aromatic heterocycles. The Morgan fingerprint density at radius 3 is 2.69 bits per heavy atom. The van der Waals surface area contributed by atoms with Crippen LogP contribution in [0.15, 0.2) is 71.3 Å². The van der Waals surface area contributed by atoms with Gasteiger partial charge in [0.15, 0.2) is 0 Å². The van der Waals surface area contributed by atoms with Crippen molar-refractivity contribution in [2.75, 3.05) is 20.0 Å². The third-order valence-corrected chi connectivity index (χ3v) is 6.64. The summed E-state index contributed by atoms with van der Waals surface area (Å²) >= 11 is 1.41. The second-order valence-corrected chi connectivity index (χ2v) is 8.89. The quantitative estimate of drug-likeness (QED) is 0.268. The Kier molecular flexibility index (Phi) is 8.00. The Bertz CT molecular complexity index is 1320. The molecule has 0 amide bonds. The number of methoxy groups -OCH3 is 1. The number of carbonyl (C=O) groups is 1. The van der Waals surface area contributed by atoms with Crippen molar-refractivity contribution in [3.63, 3.8) is 0 Å². The van der Waals surface area contributed by atoms with Crippen LogP contribution in [0, 0.1) is 0 Å². The van der Waals surface area contributed by atoms with E-state index in [-0.39, 0.29) is 5.97 Å². The smallest absolute Gasteiger partial charge is 0.323 e. The van der Waals surface area contributed by atoms with E-state index in [1.165, 1.54) is 11.8 Å². The molecule has 0 aliphatic rings. The summed E-state index contributed by atoms with van der Waals surface area (Å²) in [5, 5.41) is 0.486. The molecule has 35 heavy (non-hydrogen) atoms. The number of hydrogen-bond acceptors (Lipinski definition) is 7. The lowest BCUT2D eigenvalue weighted by molar-refractivity contribution is -0.142. The van der Waals surface area contributed by atoms with Crippen LogP contribution in [0.4, 0.5) is 0 Å². The van der Waals surface area contributed by atoms with E-state index in [4.69, 9.17) is 24.4 Å². The topological polar surface area (TPSA) is 83.9 Å². The normalized spacial score (nSPS) is 11.9. The third kappa shape index (κ3) is 5.47. The number of ether oxygens (including phenoxy) is 3. The maximum absolute atomic E-state index is 12.6. The predicted molar refractivity (Wildman–Crippen MR) is 140 cm³/mol. The average molecular weight is 492 g/mol. The second kappa shape index (κ2) is 11.3. The highest BCUT2D eigenvalue weighted by Crippen LogP contribution is 2.38. The number of nitrogens with two attached hydrogens (primary N) is 1. The molecule has 4 rings (SSSR count). The highest BCUT2D eigenvalue weighted by atomic mass is 32.2. The summed E-state index contributed by atoms with van der Waals surface area (Å²) in [6.45, 7) is 2.89. The molecule has 0 saturated heterocycles. The van der Waals surface area contributed by atoms with Crippen LogP contribution < -0.4 is 15.2 Å². The Morgan fingerprint density at radius 1 is 1.09 bits per heavy atom. The van der Waals surface area contributed by atoms with Gasteiger partial charge in [-0.3, -0.25) is 4.79 Å². The number of rotatable bonds is 10. The molecular weight excluding hydrogens is 462 g/mol. The number of fused-ring (bicyclic) bond motifs is 1. The molecule has 0 fully saturated rings. The number of esters is 1. The standard InChI is InChI=1S/C28H29NO5S/c1-4-32-28(30)27(35-3)23-9-8-22(31-2)15-25(23)34-17-19-13-21-10-11-33-26(21)24(14-19)20-7-5-6-18(12-20)16-29/h5-15,27H,4,16-17,29H2,1-3H3. The van der Waals surface area contributed by atoms with E-state index in [1.807, 2.05) is 48.7 Å². The van der Waals surface area contributed by atoms with Gasteiger partial charge in [0.25, 0.3) is 0 Å². The van der Waals surface area contributed by atoms with Crippen molar-refractivity contribution in [3.8, 4) is 22.6 Å². The molecule has 0 spiro atoms. The molecule has 2 N–H and O–H groups in total. The van der Waals surface area contributed by atoms with Crippen molar-refractivity contribution in [1.82, 2.24) is 0 Å². The zero-order chi connectivity index (χ0) is 24.8. The molecule has 182 valence electrons. The van der Waals surface area contributed by atoms with Crippen molar-refractivity contribution in [2.24, 2.45) is 5.73 Å². The summed E-state index contributed by atoms with van der Waals surface area (Å²) < 4.78 is 22.8. The van der Waals surface area contributed by atoms with Crippen LogP contribution in [0.1, 0.15) is 28.9 Å². The van der Waals surface area contributed by atoms with Crippen LogP contribution in [0.2, 0.25) is 0 Å². The van der Waals surface area contributed by atoms with Gasteiger partial charge in [-0.05, 0) is 66.3 Å². The monoisotopic (exact) mass is 491 g/mol. The highest BCUT2D eigenvalue weighted by molar-refractivity contribution is 7.99. The van der Waals surface area contributed by atoms with Gasteiger partial charge in [0.2, 0.25) is 0 Å². The lowest BCUT2D eigenvalue weighted by Gasteiger charge is -2.19. The first-order valence-corrected chi connectivity index (χ1v) is 12.7. The maximum Gasteiger partial charge on any atom is 0.323 e. The molecular formula is C28H29NO5S. The van der Waals surface area contributed by atoms with Crippen molar-refractivity contribution >= 4 is 28.7 Å². The lowest BCUT2D eigenvalue weighted by Crippen LogP contribution is -2.14. The Morgan fingerprint density at radius 2 is 1.94 bits per heavy atom. The summed E-state index contributed by atoms with van der Waals surface area (Å²) in [5.41, 5.74) is 11.4. The van der Waals surface area contributed by atoms with E-state index in [0.717, 1.165) is 38.8 Å². The van der Waals surface area contributed by atoms with Crippen molar-refractivity contribution in [1.29, 1.82) is 0 Å². The molecule has 1 atom stereocenters. The minimum Gasteiger partial charge on any atom is -0.497 e. The van der Waals surface area contributed by atoms with Crippen LogP contribution in [-0.2, 0) is 22.7 Å². The van der Waals surface area contributed by atoms with Crippen molar-refractivity contribution < 1.29 is 23.4 Å². The van der Waals surface area contributed by atoms with E-state index < -0.39 is 5.25 Å². The fraction of sp³-hybridized carbons (Fsp3) is 0.250. The molecule has 0 saturated carbocycles. The summed E-state index contributed by atoms with van der Waals surface area (Å²) in [4.78, 5) is 12.6. The predicted octanol–water partition coefficient (Wildman–Crippen LogP) is 6.11. The van der Waals surface area contributed by atoms with Crippen molar-refractivity contribution in [2.45, 2.75) is 25.3 Å². The largest absolute Gasteiger partial charge is 0.497 e. The van der Waals surface area contributed by atoms with Gasteiger partial charge in [0.1, 0.15) is 28.9 Å². The molecule has 0 aliphatic heterocycles. The minimum atomic E-state index is -0.498.